The molecule has 3 aromatic carbocycles. The fraction of sp³-hybridized carbons (Fsp3) is 0.172. The molecule has 1 aliphatic rings. The summed E-state index contributed by atoms with van der Waals surface area (Å²) in [4.78, 5) is 30.6. The second-order valence-electron chi connectivity index (χ2n) is 8.71. The molecule has 0 saturated carbocycles. The van der Waals surface area contributed by atoms with Crippen LogP contribution in [-0.2, 0) is 9.59 Å². The van der Waals surface area contributed by atoms with Crippen molar-refractivity contribution >= 4 is 40.7 Å². The van der Waals surface area contributed by atoms with Crippen LogP contribution < -0.4 is 10.6 Å². The number of anilines is 2. The van der Waals surface area contributed by atoms with Gasteiger partial charge in [0.15, 0.2) is 0 Å². The van der Waals surface area contributed by atoms with Gasteiger partial charge in [-0.2, -0.15) is 5.26 Å². The summed E-state index contributed by atoms with van der Waals surface area (Å²) in [5.41, 5.74) is 2.57. The van der Waals surface area contributed by atoms with Gasteiger partial charge in [-0.05, 0) is 61.4 Å². The molecule has 3 aromatic rings. The number of hydrogen-bond donors (Lipinski definition) is 2. The normalized spacial score (nSPS) is 16.9. The summed E-state index contributed by atoms with van der Waals surface area (Å²) in [6.07, 6.45) is 0. The van der Waals surface area contributed by atoms with Crippen LogP contribution in [0, 0.1) is 35.8 Å². The quantitative estimate of drug-likeness (QED) is 0.381. The van der Waals surface area contributed by atoms with E-state index in [9.17, 15) is 19.2 Å². The van der Waals surface area contributed by atoms with Crippen molar-refractivity contribution < 1.29 is 18.4 Å². The van der Waals surface area contributed by atoms with Crippen LogP contribution in [0.15, 0.2) is 88.4 Å². The van der Waals surface area contributed by atoms with Crippen LogP contribution in [0.3, 0.4) is 0 Å². The van der Waals surface area contributed by atoms with Gasteiger partial charge in [0, 0.05) is 23.0 Å². The smallest absolute Gasteiger partial charge is 0.234 e. The molecule has 2 amide bonds. The molecule has 0 aliphatic carbocycles. The number of nitrogens with zero attached hydrogens (tertiary/aromatic N) is 2. The Bertz CT molecular complexity index is 1480. The Kier molecular flexibility index (Phi) is 8.34. The molecule has 1 unspecified atom stereocenters. The van der Waals surface area contributed by atoms with Gasteiger partial charge in [0.2, 0.25) is 11.8 Å². The molecule has 9 heteroatoms. The van der Waals surface area contributed by atoms with Crippen molar-refractivity contribution in [2.75, 3.05) is 16.4 Å². The average Bonchev–Trinajstić information content (AvgIpc) is 2.90. The van der Waals surface area contributed by atoms with E-state index in [4.69, 9.17) is 0 Å². The lowest BCUT2D eigenvalue weighted by Gasteiger charge is -2.31. The van der Waals surface area contributed by atoms with Gasteiger partial charge in [-0.15, -0.1) is 0 Å². The third kappa shape index (κ3) is 5.98. The molecule has 0 aromatic heterocycles. The highest BCUT2D eigenvalue weighted by molar-refractivity contribution is 8.03. The molecule has 0 spiro atoms. The first kappa shape index (κ1) is 26.8. The highest BCUT2D eigenvalue weighted by Gasteiger charge is 2.40. The van der Waals surface area contributed by atoms with E-state index >= 15 is 4.39 Å². The third-order valence-corrected chi connectivity index (χ3v) is 7.11. The Morgan fingerprint density at radius 1 is 0.974 bits per heavy atom. The standard InChI is InChI=1S/C29H24F2N4O2S/c1-17-7-3-6-10-24(17)35-28(37)26-18(2)33-29(22(15-32)27(26)21-8-4-5-9-23(21)31)38-16-25(36)34-20-13-11-19(30)12-14-20/h3-14,26-27H,16H2,1-2H3,(H,34,36)(H,35,37)/t26?,27-/m1/s1. The molecule has 1 heterocycles. The summed E-state index contributed by atoms with van der Waals surface area (Å²) >= 11 is 1.02. The van der Waals surface area contributed by atoms with Gasteiger partial charge in [-0.3, -0.25) is 9.59 Å². The molecule has 1 aliphatic heterocycles. The third-order valence-electron chi connectivity index (χ3n) is 6.12. The van der Waals surface area contributed by atoms with Gasteiger partial charge in [-0.1, -0.05) is 48.2 Å². The van der Waals surface area contributed by atoms with Gasteiger partial charge < -0.3 is 10.6 Å². The number of benzene rings is 3. The first-order valence-corrected chi connectivity index (χ1v) is 12.8. The summed E-state index contributed by atoms with van der Waals surface area (Å²) in [6, 6.07) is 20.8. The number of aryl methyl sites for hydroxylation is 1. The first-order valence-electron chi connectivity index (χ1n) is 11.8. The zero-order valence-corrected chi connectivity index (χ0v) is 21.5. The number of allylic oxidation sites excluding steroid dienone is 1. The van der Waals surface area contributed by atoms with Crippen LogP contribution in [0.5, 0.6) is 0 Å². The number of carbonyl (C=O) groups excluding carboxylic acids is 2. The van der Waals surface area contributed by atoms with Crippen LogP contribution in [0.1, 0.15) is 24.0 Å². The minimum Gasteiger partial charge on any atom is -0.325 e. The largest absolute Gasteiger partial charge is 0.325 e. The van der Waals surface area contributed by atoms with E-state index in [1.165, 1.54) is 36.4 Å². The number of thioether (sulfide) groups is 1. The van der Waals surface area contributed by atoms with Gasteiger partial charge in [0.25, 0.3) is 0 Å². The topological polar surface area (TPSA) is 94.3 Å². The lowest BCUT2D eigenvalue weighted by atomic mass is 9.76. The SMILES string of the molecule is CC1=NC(SCC(=O)Nc2ccc(F)cc2)=C(C#N)[C@@H](c2ccccc2F)C1C(=O)Nc1ccccc1C. The molecular formula is C29H24F2N4O2S. The van der Waals surface area contributed by atoms with E-state index in [1.54, 1.807) is 31.2 Å². The number of amides is 2. The number of rotatable bonds is 7. The van der Waals surface area contributed by atoms with E-state index in [1.807, 2.05) is 19.1 Å². The Balaban J connectivity index is 1.65. The number of carbonyl (C=O) groups is 2. The summed E-state index contributed by atoms with van der Waals surface area (Å²) in [6.45, 7) is 3.52. The molecular weight excluding hydrogens is 506 g/mol. The lowest BCUT2D eigenvalue weighted by molar-refractivity contribution is -0.118. The highest BCUT2D eigenvalue weighted by atomic mass is 32.2. The Morgan fingerprint density at radius 3 is 2.34 bits per heavy atom. The maximum Gasteiger partial charge on any atom is 0.234 e. The fourth-order valence-electron chi connectivity index (χ4n) is 4.25. The van der Waals surface area contributed by atoms with Crippen molar-refractivity contribution in [3.63, 3.8) is 0 Å². The van der Waals surface area contributed by atoms with Gasteiger partial charge in [0.05, 0.1) is 23.3 Å². The number of nitriles is 1. The molecule has 4 rings (SSSR count). The molecule has 0 bridgehead atoms. The van der Waals surface area contributed by atoms with E-state index in [0.717, 1.165) is 17.3 Å². The Morgan fingerprint density at radius 2 is 1.66 bits per heavy atom. The number of halogens is 2. The van der Waals surface area contributed by atoms with E-state index in [0.29, 0.717) is 17.1 Å². The molecule has 6 nitrogen and oxygen atoms in total. The van der Waals surface area contributed by atoms with Crippen molar-refractivity contribution in [2.24, 2.45) is 10.9 Å². The summed E-state index contributed by atoms with van der Waals surface area (Å²) < 4.78 is 28.2. The molecule has 0 radical (unpaired) electrons. The number of nitrogens with one attached hydrogen (secondary N) is 2. The summed E-state index contributed by atoms with van der Waals surface area (Å²) in [7, 11) is 0. The monoisotopic (exact) mass is 530 g/mol. The summed E-state index contributed by atoms with van der Waals surface area (Å²) in [5.74, 6) is -3.76. The molecule has 0 saturated heterocycles. The number of hydrogen-bond acceptors (Lipinski definition) is 5. The maximum atomic E-state index is 15.0. The molecule has 0 fully saturated rings. The van der Waals surface area contributed by atoms with Crippen molar-refractivity contribution in [3.05, 3.63) is 106 Å². The van der Waals surface area contributed by atoms with Crippen molar-refractivity contribution in [1.82, 2.24) is 0 Å². The second-order valence-corrected chi connectivity index (χ2v) is 9.67. The van der Waals surface area contributed by atoms with Gasteiger partial charge in [0.1, 0.15) is 16.7 Å². The predicted octanol–water partition coefficient (Wildman–Crippen LogP) is 6.19. The zero-order valence-electron chi connectivity index (χ0n) is 20.7. The highest BCUT2D eigenvalue weighted by Crippen LogP contribution is 2.43. The fourth-order valence-corrected chi connectivity index (χ4v) is 5.13. The van der Waals surface area contributed by atoms with E-state index in [2.05, 4.69) is 21.7 Å². The summed E-state index contributed by atoms with van der Waals surface area (Å²) in [5, 5.41) is 16.0. The molecule has 2 N–H and O–H groups in total. The van der Waals surface area contributed by atoms with Crippen LogP contribution in [0.2, 0.25) is 0 Å². The predicted molar refractivity (Wildman–Crippen MR) is 146 cm³/mol. The van der Waals surface area contributed by atoms with Crippen LogP contribution in [-0.4, -0.2) is 23.3 Å². The number of para-hydroxylation sites is 1. The minimum absolute atomic E-state index is 0.0985. The first-order chi connectivity index (χ1) is 18.3. The Labute approximate surface area is 223 Å². The maximum absolute atomic E-state index is 15.0. The Hall–Kier alpha value is -4.29. The molecule has 2 atom stereocenters. The van der Waals surface area contributed by atoms with Crippen LogP contribution >= 0.6 is 11.8 Å². The average molecular weight is 531 g/mol. The van der Waals surface area contributed by atoms with Crippen molar-refractivity contribution in [1.29, 1.82) is 5.26 Å². The van der Waals surface area contributed by atoms with E-state index < -0.39 is 29.4 Å². The van der Waals surface area contributed by atoms with Gasteiger partial charge >= 0.3 is 0 Å². The molecule has 192 valence electrons. The van der Waals surface area contributed by atoms with Gasteiger partial charge in [-0.25, -0.2) is 13.8 Å². The number of aliphatic imine (C=N–C) groups is 1. The van der Waals surface area contributed by atoms with E-state index in [-0.39, 0.29) is 27.8 Å². The minimum atomic E-state index is -0.946. The van der Waals surface area contributed by atoms with Crippen molar-refractivity contribution in [2.45, 2.75) is 19.8 Å². The second kappa shape index (κ2) is 11.8. The lowest BCUT2D eigenvalue weighted by Crippen LogP contribution is -2.37. The van der Waals surface area contributed by atoms with Crippen molar-refractivity contribution in [3.8, 4) is 6.07 Å². The van der Waals surface area contributed by atoms with Crippen LogP contribution in [0.4, 0.5) is 20.2 Å². The molecule has 38 heavy (non-hydrogen) atoms. The zero-order chi connectivity index (χ0) is 27.2. The van der Waals surface area contributed by atoms with Crippen LogP contribution in [0.25, 0.3) is 0 Å².